The number of fused-ring (bicyclic) bond motifs is 1. The summed E-state index contributed by atoms with van der Waals surface area (Å²) in [6.07, 6.45) is 9.55. The number of aromatic amines is 1. The van der Waals surface area contributed by atoms with Crippen LogP contribution in [0, 0.1) is 18.8 Å². The molecule has 3 aromatic rings. The van der Waals surface area contributed by atoms with Crippen LogP contribution in [0.1, 0.15) is 44.6 Å². The van der Waals surface area contributed by atoms with Crippen LogP contribution in [0.15, 0.2) is 35.4 Å². The van der Waals surface area contributed by atoms with Gasteiger partial charge in [0.05, 0.1) is 5.69 Å². The molecule has 152 valence electrons. The number of nitrogens with zero attached hydrogens (tertiary/aromatic N) is 2. The summed E-state index contributed by atoms with van der Waals surface area (Å²) in [5, 5.41) is 3.85. The predicted molar refractivity (Wildman–Crippen MR) is 116 cm³/mol. The molecule has 1 aliphatic carbocycles. The quantitative estimate of drug-likeness (QED) is 0.691. The van der Waals surface area contributed by atoms with Gasteiger partial charge in [-0.3, -0.25) is 9.59 Å². The van der Waals surface area contributed by atoms with Crippen molar-refractivity contribution < 1.29 is 4.79 Å². The molecule has 3 aromatic heterocycles. The van der Waals surface area contributed by atoms with Crippen molar-refractivity contribution in [3.63, 3.8) is 0 Å². The predicted octanol–water partition coefficient (Wildman–Crippen LogP) is 4.39. The van der Waals surface area contributed by atoms with Crippen LogP contribution in [0.5, 0.6) is 0 Å². The fraction of sp³-hybridized carbons (Fsp3) is 0.435. The first kappa shape index (κ1) is 19.4. The average Bonchev–Trinajstić information content (AvgIpc) is 3.22. The first-order valence-electron chi connectivity index (χ1n) is 10.4. The molecular weight excluding hydrogens is 364 g/mol. The van der Waals surface area contributed by atoms with Gasteiger partial charge in [-0.2, -0.15) is 0 Å². The molecule has 0 aliphatic heterocycles. The number of hydrogen-bond donors (Lipinski definition) is 2. The van der Waals surface area contributed by atoms with Gasteiger partial charge in [-0.25, -0.2) is 4.98 Å². The van der Waals surface area contributed by atoms with Crippen LogP contribution in [0.2, 0.25) is 0 Å². The summed E-state index contributed by atoms with van der Waals surface area (Å²) in [6, 6.07) is 5.71. The summed E-state index contributed by atoms with van der Waals surface area (Å²) in [5.41, 5.74) is 3.12. The number of carbonyl (C=O) groups is 1. The lowest BCUT2D eigenvalue weighted by Gasteiger charge is -2.26. The number of aromatic nitrogens is 3. The van der Waals surface area contributed by atoms with Crippen molar-refractivity contribution in [3.05, 3.63) is 46.5 Å². The van der Waals surface area contributed by atoms with E-state index in [0.29, 0.717) is 17.3 Å². The topological polar surface area (TPSA) is 79.8 Å². The molecule has 29 heavy (non-hydrogen) atoms. The van der Waals surface area contributed by atoms with Crippen LogP contribution in [-0.4, -0.2) is 20.4 Å². The van der Waals surface area contributed by atoms with Gasteiger partial charge in [-0.05, 0) is 43.4 Å². The van der Waals surface area contributed by atoms with Gasteiger partial charge in [0.1, 0.15) is 11.3 Å². The maximum absolute atomic E-state index is 12.8. The van der Waals surface area contributed by atoms with Gasteiger partial charge in [0.15, 0.2) is 0 Å². The molecule has 0 aromatic carbocycles. The molecule has 0 radical (unpaired) electrons. The number of pyridine rings is 2. The Morgan fingerprint density at radius 1 is 1.24 bits per heavy atom. The number of H-pyrrole nitrogens is 1. The minimum Gasteiger partial charge on any atom is -0.357 e. The summed E-state index contributed by atoms with van der Waals surface area (Å²) in [7, 11) is 1.74. The monoisotopic (exact) mass is 392 g/mol. The first-order chi connectivity index (χ1) is 14.0. The smallest absolute Gasteiger partial charge is 0.274 e. The third-order valence-corrected chi connectivity index (χ3v) is 6.27. The second-order valence-corrected chi connectivity index (χ2v) is 8.26. The summed E-state index contributed by atoms with van der Waals surface area (Å²) in [4.78, 5) is 32.9. The van der Waals surface area contributed by atoms with E-state index >= 15 is 0 Å². The van der Waals surface area contributed by atoms with Gasteiger partial charge < -0.3 is 14.9 Å². The molecule has 4 rings (SSSR count). The molecule has 1 unspecified atom stereocenters. The lowest BCUT2D eigenvalue weighted by molar-refractivity contribution is -0.121. The van der Waals surface area contributed by atoms with E-state index in [1.807, 2.05) is 38.2 Å². The molecule has 3 heterocycles. The summed E-state index contributed by atoms with van der Waals surface area (Å²) >= 11 is 0. The van der Waals surface area contributed by atoms with Gasteiger partial charge in [-0.15, -0.1) is 0 Å². The van der Waals surface area contributed by atoms with Gasteiger partial charge in [0.2, 0.25) is 5.91 Å². The molecule has 1 atom stereocenters. The number of aryl methyl sites for hydroxylation is 2. The Labute approximate surface area is 170 Å². The molecule has 1 aliphatic rings. The number of rotatable bonds is 4. The highest BCUT2D eigenvalue weighted by Gasteiger charge is 2.26. The van der Waals surface area contributed by atoms with Gasteiger partial charge in [0, 0.05) is 36.3 Å². The van der Waals surface area contributed by atoms with Crippen molar-refractivity contribution in [2.45, 2.75) is 46.0 Å². The number of carbonyl (C=O) groups excluding carboxylic acids is 1. The molecule has 2 N–H and O–H groups in total. The maximum Gasteiger partial charge on any atom is 0.274 e. The molecule has 1 fully saturated rings. The fourth-order valence-electron chi connectivity index (χ4n) is 4.42. The van der Waals surface area contributed by atoms with Crippen LogP contribution in [0.25, 0.3) is 22.2 Å². The van der Waals surface area contributed by atoms with Crippen molar-refractivity contribution in [1.82, 2.24) is 14.5 Å². The van der Waals surface area contributed by atoms with Crippen LogP contribution in [-0.2, 0) is 11.8 Å². The van der Waals surface area contributed by atoms with E-state index in [1.54, 1.807) is 17.8 Å². The fourth-order valence-corrected chi connectivity index (χ4v) is 4.42. The summed E-state index contributed by atoms with van der Waals surface area (Å²) < 4.78 is 1.56. The second kappa shape index (κ2) is 7.85. The molecule has 6 nitrogen and oxygen atoms in total. The molecule has 6 heteroatoms. The van der Waals surface area contributed by atoms with Gasteiger partial charge in [-0.1, -0.05) is 32.3 Å². The van der Waals surface area contributed by atoms with Crippen LogP contribution in [0.4, 0.5) is 5.82 Å². The third kappa shape index (κ3) is 3.71. The van der Waals surface area contributed by atoms with Crippen molar-refractivity contribution in [2.24, 2.45) is 18.9 Å². The highest BCUT2D eigenvalue weighted by Crippen LogP contribution is 2.31. The van der Waals surface area contributed by atoms with E-state index in [9.17, 15) is 9.59 Å². The molecular formula is C23H28N4O2. The van der Waals surface area contributed by atoms with E-state index in [1.165, 1.54) is 19.3 Å². The zero-order valence-corrected chi connectivity index (χ0v) is 17.3. The Balaban J connectivity index is 1.65. The highest BCUT2D eigenvalue weighted by atomic mass is 16.2. The minimum absolute atomic E-state index is 0.0178. The lowest BCUT2D eigenvalue weighted by Crippen LogP contribution is -2.28. The zero-order chi connectivity index (χ0) is 20.5. The van der Waals surface area contributed by atoms with Crippen molar-refractivity contribution in [1.29, 1.82) is 0 Å². The number of hydrogen-bond acceptors (Lipinski definition) is 3. The van der Waals surface area contributed by atoms with E-state index in [4.69, 9.17) is 4.98 Å². The Hall–Kier alpha value is -2.89. The summed E-state index contributed by atoms with van der Waals surface area (Å²) in [6.45, 7) is 4.01. The van der Waals surface area contributed by atoms with E-state index in [2.05, 4.69) is 10.3 Å². The summed E-state index contributed by atoms with van der Waals surface area (Å²) in [5.74, 6) is 1.02. The standard InChI is InChI=1S/C23H28N4O2/c1-14-9-10-19(26-22(28)15(2)16-7-5-4-6-8-16)25-20(14)18-13-27(3)23(29)21-17(18)11-12-24-21/h9-13,15-16,24H,4-8H2,1-3H3,(H,25,26,28). The lowest BCUT2D eigenvalue weighted by atomic mass is 9.80. The van der Waals surface area contributed by atoms with Crippen molar-refractivity contribution in [3.8, 4) is 11.3 Å². The average molecular weight is 393 g/mol. The van der Waals surface area contributed by atoms with Gasteiger partial charge >= 0.3 is 0 Å². The Bertz CT molecular complexity index is 1110. The first-order valence-corrected chi connectivity index (χ1v) is 10.4. The second-order valence-electron chi connectivity index (χ2n) is 8.26. The Kier molecular flexibility index (Phi) is 5.26. The SMILES string of the molecule is Cc1ccc(NC(=O)C(C)C2CCCCC2)nc1-c1cn(C)c(=O)c2[nH]ccc12. The normalized spacial score (nSPS) is 16.1. The van der Waals surface area contributed by atoms with E-state index in [-0.39, 0.29) is 17.4 Å². The van der Waals surface area contributed by atoms with E-state index < -0.39 is 0 Å². The molecule has 1 saturated carbocycles. The maximum atomic E-state index is 12.8. The van der Waals surface area contributed by atoms with Crippen LogP contribution in [0.3, 0.4) is 0 Å². The van der Waals surface area contributed by atoms with E-state index in [0.717, 1.165) is 35.0 Å². The molecule has 0 bridgehead atoms. The number of nitrogens with one attached hydrogen (secondary N) is 2. The van der Waals surface area contributed by atoms with Crippen LogP contribution < -0.4 is 10.9 Å². The Morgan fingerprint density at radius 3 is 2.76 bits per heavy atom. The van der Waals surface area contributed by atoms with Gasteiger partial charge in [0.25, 0.3) is 5.56 Å². The largest absolute Gasteiger partial charge is 0.357 e. The Morgan fingerprint density at radius 2 is 2.00 bits per heavy atom. The van der Waals surface area contributed by atoms with Crippen molar-refractivity contribution in [2.75, 3.05) is 5.32 Å². The van der Waals surface area contributed by atoms with Crippen molar-refractivity contribution >= 4 is 22.6 Å². The van der Waals surface area contributed by atoms with Crippen LogP contribution >= 0.6 is 0 Å². The molecule has 0 spiro atoms. The zero-order valence-electron chi connectivity index (χ0n) is 17.3. The number of amides is 1. The number of anilines is 1. The molecule has 1 amide bonds. The molecule has 0 saturated heterocycles. The highest BCUT2D eigenvalue weighted by molar-refractivity contribution is 5.95. The third-order valence-electron chi connectivity index (χ3n) is 6.27. The minimum atomic E-state index is -0.0721.